The lowest BCUT2D eigenvalue weighted by molar-refractivity contribution is -0.117. The van der Waals surface area contributed by atoms with E-state index in [-0.39, 0.29) is 17.6 Å². The maximum atomic E-state index is 13.9. The van der Waals surface area contributed by atoms with Crippen LogP contribution in [-0.4, -0.2) is 29.2 Å². The van der Waals surface area contributed by atoms with Crippen LogP contribution in [0.5, 0.6) is 0 Å². The first-order valence-corrected chi connectivity index (χ1v) is 7.88. The van der Waals surface area contributed by atoms with E-state index in [0.717, 1.165) is 32.4 Å². The van der Waals surface area contributed by atoms with Crippen molar-refractivity contribution in [2.24, 2.45) is 17.8 Å². The van der Waals surface area contributed by atoms with Gasteiger partial charge in [-0.2, -0.15) is 5.10 Å². The molecule has 3 N–H and O–H groups in total. The van der Waals surface area contributed by atoms with Crippen LogP contribution in [0.2, 0.25) is 0 Å². The molecule has 1 saturated carbocycles. The van der Waals surface area contributed by atoms with Crippen molar-refractivity contribution in [3.63, 3.8) is 0 Å². The van der Waals surface area contributed by atoms with Gasteiger partial charge in [-0.05, 0) is 56.3 Å². The van der Waals surface area contributed by atoms with E-state index in [1.54, 1.807) is 12.1 Å². The van der Waals surface area contributed by atoms with Crippen molar-refractivity contribution in [2.45, 2.75) is 19.3 Å². The van der Waals surface area contributed by atoms with Gasteiger partial charge >= 0.3 is 0 Å². The number of benzene rings is 1. The van der Waals surface area contributed by atoms with Gasteiger partial charge in [0.25, 0.3) is 0 Å². The Labute approximate surface area is 127 Å². The number of amides is 1. The number of carbonyl (C=O) groups excluding carboxylic acids is 1. The van der Waals surface area contributed by atoms with Crippen molar-refractivity contribution in [3.8, 4) is 0 Å². The number of aromatic nitrogens is 2. The van der Waals surface area contributed by atoms with Crippen LogP contribution in [0.3, 0.4) is 0 Å². The van der Waals surface area contributed by atoms with Crippen molar-refractivity contribution in [2.75, 3.05) is 18.4 Å². The summed E-state index contributed by atoms with van der Waals surface area (Å²) in [7, 11) is 0. The maximum absolute atomic E-state index is 13.9. The molecule has 5 nitrogen and oxygen atoms in total. The van der Waals surface area contributed by atoms with Crippen molar-refractivity contribution in [1.82, 2.24) is 15.5 Å². The van der Waals surface area contributed by atoms with Crippen molar-refractivity contribution < 1.29 is 9.18 Å². The number of nitrogens with one attached hydrogen (secondary N) is 3. The Bertz CT molecular complexity index is 707. The number of hydrogen-bond donors (Lipinski definition) is 3. The van der Waals surface area contributed by atoms with Gasteiger partial charge in [-0.15, -0.1) is 0 Å². The molecule has 2 heterocycles. The zero-order chi connectivity index (χ0) is 15.1. The minimum Gasteiger partial charge on any atom is -0.317 e. The highest BCUT2D eigenvalue weighted by Crippen LogP contribution is 2.48. The first kappa shape index (κ1) is 13.7. The van der Waals surface area contributed by atoms with Crippen LogP contribution in [0, 0.1) is 23.6 Å². The molecule has 2 atom stereocenters. The molecule has 1 saturated heterocycles. The highest BCUT2D eigenvalue weighted by atomic mass is 19.1. The van der Waals surface area contributed by atoms with Crippen LogP contribution in [0.15, 0.2) is 18.2 Å². The Balaban J connectivity index is 1.46. The van der Waals surface area contributed by atoms with Crippen LogP contribution in [-0.2, 0) is 4.79 Å². The predicted octanol–water partition coefficient (Wildman–Crippen LogP) is 2.28. The Kier molecular flexibility index (Phi) is 3.33. The topological polar surface area (TPSA) is 69.8 Å². The van der Waals surface area contributed by atoms with E-state index in [9.17, 15) is 9.18 Å². The summed E-state index contributed by atoms with van der Waals surface area (Å²) >= 11 is 0. The van der Waals surface area contributed by atoms with Gasteiger partial charge in [-0.3, -0.25) is 9.89 Å². The lowest BCUT2D eigenvalue weighted by atomic mass is 9.92. The van der Waals surface area contributed by atoms with E-state index < -0.39 is 0 Å². The Hall–Kier alpha value is -1.95. The SMILES string of the molecule is O=C(Nc1n[nH]c2cccc(F)c12)[C@@H]1C[C@H]1C1CCNCC1. The van der Waals surface area contributed by atoms with Crippen LogP contribution in [0.1, 0.15) is 19.3 Å². The molecule has 22 heavy (non-hydrogen) atoms. The standard InChI is InChI=1S/C16H19FN4O/c17-12-2-1-3-13-14(12)15(21-20-13)19-16(22)11-8-10(11)9-4-6-18-7-5-9/h1-3,9-11,18H,4-8H2,(H2,19,20,21,22)/t10-,11+/m0/s1. The average Bonchev–Trinajstić information content (AvgIpc) is 3.24. The smallest absolute Gasteiger partial charge is 0.229 e. The number of carbonyl (C=O) groups is 1. The van der Waals surface area contributed by atoms with E-state index in [4.69, 9.17) is 0 Å². The number of halogens is 1. The third kappa shape index (κ3) is 2.37. The molecule has 0 spiro atoms. The summed E-state index contributed by atoms with van der Waals surface area (Å²) in [6.07, 6.45) is 3.24. The number of anilines is 1. The number of H-pyrrole nitrogens is 1. The molecule has 1 aliphatic carbocycles. The van der Waals surface area contributed by atoms with Gasteiger partial charge < -0.3 is 10.6 Å². The van der Waals surface area contributed by atoms with E-state index in [0.29, 0.717) is 28.6 Å². The monoisotopic (exact) mass is 302 g/mol. The molecule has 1 aliphatic heterocycles. The molecule has 2 aromatic rings. The highest BCUT2D eigenvalue weighted by Gasteiger charge is 2.47. The zero-order valence-electron chi connectivity index (χ0n) is 12.2. The highest BCUT2D eigenvalue weighted by molar-refractivity contribution is 6.01. The number of hydrogen-bond acceptors (Lipinski definition) is 3. The molecule has 116 valence electrons. The molecule has 0 radical (unpaired) electrons. The van der Waals surface area contributed by atoms with E-state index >= 15 is 0 Å². The summed E-state index contributed by atoms with van der Waals surface area (Å²) in [6.45, 7) is 2.09. The van der Waals surface area contributed by atoms with Crippen LogP contribution >= 0.6 is 0 Å². The molecular formula is C16H19FN4O. The fraction of sp³-hybridized carbons (Fsp3) is 0.500. The minimum atomic E-state index is -0.368. The summed E-state index contributed by atoms with van der Waals surface area (Å²) in [5.41, 5.74) is 0.598. The maximum Gasteiger partial charge on any atom is 0.229 e. The summed E-state index contributed by atoms with van der Waals surface area (Å²) in [6, 6.07) is 4.74. The first-order chi connectivity index (χ1) is 10.7. The molecule has 2 fully saturated rings. The quantitative estimate of drug-likeness (QED) is 0.814. The molecule has 0 unspecified atom stereocenters. The van der Waals surface area contributed by atoms with Gasteiger partial charge in [0.15, 0.2) is 5.82 Å². The molecule has 6 heteroatoms. The number of nitrogens with zero attached hydrogens (tertiary/aromatic N) is 1. The van der Waals surface area contributed by atoms with Gasteiger partial charge in [0, 0.05) is 5.92 Å². The number of fused-ring (bicyclic) bond motifs is 1. The van der Waals surface area contributed by atoms with Gasteiger partial charge in [0.1, 0.15) is 5.82 Å². The minimum absolute atomic E-state index is 0.0276. The Morgan fingerprint density at radius 3 is 2.95 bits per heavy atom. The largest absolute Gasteiger partial charge is 0.317 e. The Morgan fingerprint density at radius 1 is 1.32 bits per heavy atom. The second-order valence-corrected chi connectivity index (χ2v) is 6.32. The molecular weight excluding hydrogens is 283 g/mol. The summed E-state index contributed by atoms with van der Waals surface area (Å²) < 4.78 is 13.9. The fourth-order valence-corrected chi connectivity index (χ4v) is 3.64. The summed E-state index contributed by atoms with van der Waals surface area (Å²) in [5, 5.41) is 13.3. The molecule has 4 rings (SSSR count). The van der Waals surface area contributed by atoms with Gasteiger partial charge in [-0.1, -0.05) is 6.07 Å². The third-order valence-electron chi connectivity index (χ3n) is 4.95. The van der Waals surface area contributed by atoms with E-state index in [1.807, 2.05) is 0 Å². The van der Waals surface area contributed by atoms with Crippen LogP contribution in [0.25, 0.3) is 10.9 Å². The second-order valence-electron chi connectivity index (χ2n) is 6.32. The fourth-order valence-electron chi connectivity index (χ4n) is 3.64. The molecule has 1 aromatic heterocycles. The number of aromatic amines is 1. The predicted molar refractivity (Wildman–Crippen MR) is 81.9 cm³/mol. The Morgan fingerprint density at radius 2 is 2.14 bits per heavy atom. The van der Waals surface area contributed by atoms with E-state index in [2.05, 4.69) is 20.8 Å². The molecule has 1 amide bonds. The van der Waals surface area contributed by atoms with Crippen LogP contribution < -0.4 is 10.6 Å². The number of piperidine rings is 1. The van der Waals surface area contributed by atoms with Crippen molar-refractivity contribution >= 4 is 22.6 Å². The van der Waals surface area contributed by atoms with Gasteiger partial charge in [0.05, 0.1) is 10.9 Å². The van der Waals surface area contributed by atoms with E-state index in [1.165, 1.54) is 6.07 Å². The second kappa shape index (κ2) is 5.35. The lowest BCUT2D eigenvalue weighted by Gasteiger charge is -2.22. The summed E-state index contributed by atoms with van der Waals surface area (Å²) in [5.74, 6) is 1.09. The van der Waals surface area contributed by atoms with Crippen molar-refractivity contribution in [3.05, 3.63) is 24.0 Å². The normalized spacial score (nSPS) is 25.3. The van der Waals surface area contributed by atoms with Gasteiger partial charge in [0.2, 0.25) is 5.91 Å². The van der Waals surface area contributed by atoms with Gasteiger partial charge in [-0.25, -0.2) is 4.39 Å². The summed E-state index contributed by atoms with van der Waals surface area (Å²) in [4.78, 5) is 12.4. The zero-order valence-corrected chi connectivity index (χ0v) is 12.2. The third-order valence-corrected chi connectivity index (χ3v) is 4.95. The molecule has 2 aliphatic rings. The average molecular weight is 302 g/mol. The number of rotatable bonds is 3. The van der Waals surface area contributed by atoms with Crippen molar-refractivity contribution in [1.29, 1.82) is 0 Å². The first-order valence-electron chi connectivity index (χ1n) is 7.88. The molecule has 0 bridgehead atoms. The van der Waals surface area contributed by atoms with Crippen LogP contribution in [0.4, 0.5) is 10.2 Å². The molecule has 1 aromatic carbocycles. The lowest BCUT2D eigenvalue weighted by Crippen LogP contribution is -2.29.